The molecule has 1 saturated carbocycles. The molecule has 0 radical (unpaired) electrons. The summed E-state index contributed by atoms with van der Waals surface area (Å²) >= 11 is 0. The molecule has 3 heterocycles. The van der Waals surface area contributed by atoms with Crippen LogP contribution >= 0.6 is 0 Å². The van der Waals surface area contributed by atoms with E-state index in [9.17, 15) is 9.59 Å². The molecule has 1 atom stereocenters. The Bertz CT molecular complexity index is 995. The number of hydrogen-bond acceptors (Lipinski definition) is 8. The number of amides is 2. The second kappa shape index (κ2) is 8.64. The summed E-state index contributed by atoms with van der Waals surface area (Å²) in [5, 5.41) is 10.8. The van der Waals surface area contributed by atoms with Crippen LogP contribution in [0.4, 0.5) is 22.2 Å². The molecular weight excluding hydrogens is 412 g/mol. The van der Waals surface area contributed by atoms with Crippen LogP contribution in [0.1, 0.15) is 62.9 Å². The molecule has 2 aromatic heterocycles. The van der Waals surface area contributed by atoms with E-state index in [-0.39, 0.29) is 17.7 Å². The molecule has 2 fully saturated rings. The van der Waals surface area contributed by atoms with E-state index in [1.165, 1.54) is 6.20 Å². The van der Waals surface area contributed by atoms with Gasteiger partial charge in [0, 0.05) is 31.5 Å². The van der Waals surface area contributed by atoms with Crippen LogP contribution in [0.15, 0.2) is 18.6 Å². The number of anilines is 3. The number of primary amides is 1. The molecular formula is C21H30N8O3. The van der Waals surface area contributed by atoms with Crippen LogP contribution in [0.2, 0.25) is 0 Å². The van der Waals surface area contributed by atoms with Gasteiger partial charge in [0.15, 0.2) is 0 Å². The van der Waals surface area contributed by atoms with Crippen molar-refractivity contribution in [1.82, 2.24) is 24.6 Å². The van der Waals surface area contributed by atoms with Crippen molar-refractivity contribution in [3.05, 3.63) is 24.2 Å². The average molecular weight is 443 g/mol. The molecule has 1 saturated heterocycles. The van der Waals surface area contributed by atoms with Gasteiger partial charge in [0.2, 0.25) is 5.95 Å². The molecule has 4 N–H and O–H groups in total. The Morgan fingerprint density at radius 3 is 2.69 bits per heavy atom. The standard InChI is InChI=1S/C21H30N8O3/c1-21(2,3)32-20(31)28-8-4-5-15(12-28)29-11-14(9-24-29)26-19-23-10-16(17(22)30)18(27-19)25-13-6-7-13/h9-11,13,15H,4-8,12H2,1-3H3,(H2,22,30)(H2,23,25,26,27)/t15-/m1/s1. The van der Waals surface area contributed by atoms with E-state index in [1.807, 2.05) is 31.6 Å². The van der Waals surface area contributed by atoms with Gasteiger partial charge in [-0.05, 0) is 46.5 Å². The third-order valence-corrected chi connectivity index (χ3v) is 5.25. The van der Waals surface area contributed by atoms with E-state index >= 15 is 0 Å². The first-order valence-electron chi connectivity index (χ1n) is 10.9. The van der Waals surface area contributed by atoms with Gasteiger partial charge < -0.3 is 26.0 Å². The first-order valence-corrected chi connectivity index (χ1v) is 10.9. The molecule has 11 nitrogen and oxygen atoms in total. The number of carbonyl (C=O) groups excluding carboxylic acids is 2. The molecule has 172 valence electrons. The molecule has 0 bridgehead atoms. The fourth-order valence-electron chi connectivity index (χ4n) is 3.55. The Morgan fingerprint density at radius 1 is 1.22 bits per heavy atom. The van der Waals surface area contributed by atoms with Crippen molar-refractivity contribution >= 4 is 29.5 Å². The lowest BCUT2D eigenvalue weighted by atomic mass is 10.1. The minimum absolute atomic E-state index is 0.0528. The molecule has 2 aromatic rings. The van der Waals surface area contributed by atoms with E-state index in [1.54, 1.807) is 11.1 Å². The predicted molar refractivity (Wildman–Crippen MR) is 119 cm³/mol. The van der Waals surface area contributed by atoms with Gasteiger partial charge in [0.1, 0.15) is 11.4 Å². The van der Waals surface area contributed by atoms with Crippen LogP contribution in [-0.2, 0) is 4.74 Å². The smallest absolute Gasteiger partial charge is 0.410 e. The number of piperidine rings is 1. The van der Waals surface area contributed by atoms with Crippen molar-refractivity contribution in [3.63, 3.8) is 0 Å². The van der Waals surface area contributed by atoms with E-state index in [0.717, 1.165) is 25.7 Å². The number of hydrogen-bond donors (Lipinski definition) is 3. The average Bonchev–Trinajstić information content (AvgIpc) is 3.41. The van der Waals surface area contributed by atoms with Crippen LogP contribution in [0.25, 0.3) is 0 Å². The highest BCUT2D eigenvalue weighted by Gasteiger charge is 2.29. The molecule has 32 heavy (non-hydrogen) atoms. The number of carbonyl (C=O) groups is 2. The molecule has 1 aliphatic heterocycles. The molecule has 11 heteroatoms. The maximum Gasteiger partial charge on any atom is 0.410 e. The zero-order chi connectivity index (χ0) is 22.9. The summed E-state index contributed by atoms with van der Waals surface area (Å²) in [5.41, 5.74) is 5.89. The molecule has 2 aliphatic rings. The summed E-state index contributed by atoms with van der Waals surface area (Å²) in [5.74, 6) is 0.210. The Morgan fingerprint density at radius 2 is 2.00 bits per heavy atom. The highest BCUT2D eigenvalue weighted by Crippen LogP contribution is 2.27. The molecule has 0 aromatic carbocycles. The van der Waals surface area contributed by atoms with Crippen molar-refractivity contribution in [2.24, 2.45) is 5.73 Å². The summed E-state index contributed by atoms with van der Waals surface area (Å²) in [7, 11) is 0. The number of nitrogens with two attached hydrogens (primary N) is 1. The lowest BCUT2D eigenvalue weighted by molar-refractivity contribution is 0.0167. The van der Waals surface area contributed by atoms with Gasteiger partial charge in [0.25, 0.3) is 5.91 Å². The van der Waals surface area contributed by atoms with Crippen molar-refractivity contribution in [3.8, 4) is 0 Å². The van der Waals surface area contributed by atoms with Crippen LogP contribution in [0.3, 0.4) is 0 Å². The van der Waals surface area contributed by atoms with E-state index < -0.39 is 11.5 Å². The van der Waals surface area contributed by atoms with Crippen molar-refractivity contribution < 1.29 is 14.3 Å². The summed E-state index contributed by atoms with van der Waals surface area (Å²) < 4.78 is 7.35. The molecule has 4 rings (SSSR count). The van der Waals surface area contributed by atoms with Gasteiger partial charge >= 0.3 is 6.09 Å². The summed E-state index contributed by atoms with van der Waals surface area (Å²) in [6.45, 7) is 6.80. The lowest BCUT2D eigenvalue weighted by Crippen LogP contribution is -2.43. The van der Waals surface area contributed by atoms with Crippen LogP contribution in [0.5, 0.6) is 0 Å². The van der Waals surface area contributed by atoms with Crippen molar-refractivity contribution in [1.29, 1.82) is 0 Å². The number of rotatable bonds is 6. The van der Waals surface area contributed by atoms with Gasteiger partial charge in [-0.25, -0.2) is 9.78 Å². The van der Waals surface area contributed by atoms with Crippen LogP contribution < -0.4 is 16.4 Å². The first-order chi connectivity index (χ1) is 15.2. The van der Waals surface area contributed by atoms with Gasteiger partial charge in [-0.3, -0.25) is 9.48 Å². The second-order valence-corrected chi connectivity index (χ2v) is 9.30. The number of nitrogens with zero attached hydrogens (tertiary/aromatic N) is 5. The first kappa shape index (κ1) is 21.8. The van der Waals surface area contributed by atoms with Crippen molar-refractivity contribution in [2.75, 3.05) is 23.7 Å². The van der Waals surface area contributed by atoms with Crippen LogP contribution in [0, 0.1) is 0 Å². The maximum atomic E-state index is 12.4. The maximum absolute atomic E-state index is 12.4. The van der Waals surface area contributed by atoms with E-state index in [2.05, 4.69) is 25.7 Å². The SMILES string of the molecule is CC(C)(C)OC(=O)N1CCC[C@@H](n2cc(Nc3ncc(C(N)=O)c(NC4CC4)n3)cn2)C1. The molecule has 0 spiro atoms. The quantitative estimate of drug-likeness (QED) is 0.620. The molecule has 0 unspecified atom stereocenters. The minimum atomic E-state index is -0.570. The minimum Gasteiger partial charge on any atom is -0.444 e. The van der Waals surface area contributed by atoms with Gasteiger partial charge in [-0.15, -0.1) is 0 Å². The second-order valence-electron chi connectivity index (χ2n) is 9.30. The highest BCUT2D eigenvalue weighted by atomic mass is 16.6. The number of likely N-dealkylation sites (tertiary alicyclic amines) is 1. The van der Waals surface area contributed by atoms with Gasteiger partial charge in [-0.1, -0.05) is 0 Å². The van der Waals surface area contributed by atoms with E-state index in [0.29, 0.717) is 36.6 Å². The Labute approximate surface area is 186 Å². The third-order valence-electron chi connectivity index (χ3n) is 5.25. The topological polar surface area (TPSA) is 140 Å². The fraction of sp³-hybridized carbons (Fsp3) is 0.571. The fourth-order valence-corrected chi connectivity index (χ4v) is 3.55. The largest absolute Gasteiger partial charge is 0.444 e. The summed E-state index contributed by atoms with van der Waals surface area (Å²) in [6.07, 6.45) is 8.55. The van der Waals surface area contributed by atoms with E-state index in [4.69, 9.17) is 10.5 Å². The Hall–Kier alpha value is -3.37. The molecule has 1 aliphatic carbocycles. The summed E-state index contributed by atoms with van der Waals surface area (Å²) in [6, 6.07) is 0.370. The molecule has 2 amide bonds. The number of aromatic nitrogens is 4. The third kappa shape index (κ3) is 5.45. The number of nitrogens with one attached hydrogen (secondary N) is 2. The van der Waals surface area contributed by atoms with Gasteiger partial charge in [-0.2, -0.15) is 10.1 Å². The predicted octanol–water partition coefficient (Wildman–Crippen LogP) is 2.66. The number of ether oxygens (including phenoxy) is 1. The van der Waals surface area contributed by atoms with Crippen molar-refractivity contribution in [2.45, 2.75) is 64.1 Å². The zero-order valence-electron chi connectivity index (χ0n) is 18.7. The highest BCUT2D eigenvalue weighted by molar-refractivity contribution is 5.97. The monoisotopic (exact) mass is 442 g/mol. The normalized spacial score (nSPS) is 18.8. The Kier molecular flexibility index (Phi) is 5.90. The Balaban J connectivity index is 1.42. The zero-order valence-corrected chi connectivity index (χ0v) is 18.7. The lowest BCUT2D eigenvalue weighted by Gasteiger charge is -2.34. The van der Waals surface area contributed by atoms with Gasteiger partial charge in [0.05, 0.1) is 23.5 Å². The van der Waals surface area contributed by atoms with Crippen LogP contribution in [-0.4, -0.2) is 61.4 Å². The summed E-state index contributed by atoms with van der Waals surface area (Å²) in [4.78, 5) is 34.4.